The molecule has 0 aliphatic carbocycles. The Hall–Kier alpha value is -1.89. The Bertz CT molecular complexity index is 576. The average molecular weight is 331 g/mol. The van der Waals surface area contributed by atoms with Crippen molar-refractivity contribution in [1.29, 1.82) is 0 Å². The summed E-state index contributed by atoms with van der Waals surface area (Å²) >= 11 is 0. The lowest BCUT2D eigenvalue weighted by molar-refractivity contribution is -0.141. The molecule has 7 heteroatoms. The van der Waals surface area contributed by atoms with E-state index in [9.17, 15) is 4.79 Å². The van der Waals surface area contributed by atoms with Gasteiger partial charge in [0.25, 0.3) is 5.91 Å². The second kappa shape index (κ2) is 6.93. The van der Waals surface area contributed by atoms with E-state index >= 15 is 0 Å². The van der Waals surface area contributed by atoms with E-state index in [1.807, 2.05) is 17.2 Å². The molecule has 1 aromatic rings. The number of hydrogen-bond donors (Lipinski definition) is 0. The first-order valence-corrected chi connectivity index (χ1v) is 9.04. The highest BCUT2D eigenvalue weighted by Gasteiger charge is 2.30. The molecule has 3 aliphatic heterocycles. The first-order valence-electron chi connectivity index (χ1n) is 9.04. The van der Waals surface area contributed by atoms with Gasteiger partial charge in [0.1, 0.15) is 11.9 Å². The van der Waals surface area contributed by atoms with Gasteiger partial charge in [0.15, 0.2) is 0 Å². The van der Waals surface area contributed by atoms with Gasteiger partial charge in [-0.25, -0.2) is 4.98 Å². The van der Waals surface area contributed by atoms with Gasteiger partial charge in [-0.3, -0.25) is 4.79 Å². The normalized spacial score (nSPS) is 24.7. The molecule has 1 atom stereocenters. The zero-order valence-electron chi connectivity index (χ0n) is 14.1. The molecule has 3 saturated heterocycles. The Morgan fingerprint density at radius 3 is 2.54 bits per heavy atom. The molecule has 4 heterocycles. The predicted octanol–water partition coefficient (Wildman–Crippen LogP) is 0.904. The molecule has 1 unspecified atom stereocenters. The van der Waals surface area contributed by atoms with Crippen LogP contribution in [0, 0.1) is 0 Å². The van der Waals surface area contributed by atoms with Gasteiger partial charge < -0.3 is 19.4 Å². The number of hydrogen-bond acceptors (Lipinski definition) is 6. The highest BCUT2D eigenvalue weighted by atomic mass is 16.5. The highest BCUT2D eigenvalue weighted by Crippen LogP contribution is 2.21. The van der Waals surface area contributed by atoms with E-state index in [4.69, 9.17) is 9.72 Å². The Morgan fingerprint density at radius 2 is 1.83 bits per heavy atom. The molecule has 4 rings (SSSR count). The van der Waals surface area contributed by atoms with E-state index in [0.29, 0.717) is 0 Å². The molecule has 1 amide bonds. The minimum Gasteiger partial charge on any atom is -0.368 e. The van der Waals surface area contributed by atoms with Crippen LogP contribution in [0.3, 0.4) is 0 Å². The van der Waals surface area contributed by atoms with Crippen molar-refractivity contribution < 1.29 is 9.53 Å². The fourth-order valence-corrected chi connectivity index (χ4v) is 3.72. The number of piperazine rings is 1. The van der Waals surface area contributed by atoms with Crippen LogP contribution in [0.5, 0.6) is 0 Å². The van der Waals surface area contributed by atoms with Crippen molar-refractivity contribution in [2.45, 2.75) is 31.8 Å². The van der Waals surface area contributed by atoms with Gasteiger partial charge in [0.05, 0.1) is 0 Å². The topological polar surface area (TPSA) is 61.8 Å². The van der Waals surface area contributed by atoms with Gasteiger partial charge in [-0.15, -0.1) is 0 Å². The molecular weight excluding hydrogens is 306 g/mol. The lowest BCUT2D eigenvalue weighted by atomic mass is 10.2. The smallest absolute Gasteiger partial charge is 0.251 e. The molecule has 3 aliphatic rings. The summed E-state index contributed by atoms with van der Waals surface area (Å²) in [6, 6.07) is 1.97. The van der Waals surface area contributed by atoms with Crippen molar-refractivity contribution >= 4 is 17.7 Å². The van der Waals surface area contributed by atoms with E-state index in [-0.39, 0.29) is 12.0 Å². The minimum atomic E-state index is -0.211. The van der Waals surface area contributed by atoms with Gasteiger partial charge in [-0.1, -0.05) is 0 Å². The van der Waals surface area contributed by atoms with E-state index < -0.39 is 0 Å². The molecule has 130 valence electrons. The van der Waals surface area contributed by atoms with Crippen molar-refractivity contribution in [3.8, 4) is 0 Å². The standard InChI is InChI=1S/C17H25N5O2/c23-16(14-4-3-13-24-14)21-11-9-20(10-12-21)15-5-6-18-17(19-15)22-7-1-2-8-22/h5-6,14H,1-4,7-13H2. The van der Waals surface area contributed by atoms with Crippen molar-refractivity contribution in [3.05, 3.63) is 12.3 Å². The van der Waals surface area contributed by atoms with Gasteiger partial charge in [-0.05, 0) is 31.7 Å². The number of ether oxygens (including phenoxy) is 1. The van der Waals surface area contributed by atoms with E-state index in [1.165, 1.54) is 12.8 Å². The highest BCUT2D eigenvalue weighted by molar-refractivity contribution is 5.81. The number of carbonyl (C=O) groups excluding carboxylic acids is 1. The number of amides is 1. The fraction of sp³-hybridized carbons (Fsp3) is 0.706. The first-order chi connectivity index (χ1) is 11.8. The number of rotatable bonds is 3. The lowest BCUT2D eigenvalue weighted by Gasteiger charge is -2.36. The Labute approximate surface area is 142 Å². The number of nitrogens with zero attached hydrogens (tertiary/aromatic N) is 5. The second-order valence-electron chi connectivity index (χ2n) is 6.72. The largest absolute Gasteiger partial charge is 0.368 e. The maximum absolute atomic E-state index is 12.4. The van der Waals surface area contributed by atoms with Gasteiger partial charge in [0.2, 0.25) is 5.95 Å². The van der Waals surface area contributed by atoms with Crippen molar-refractivity contribution in [1.82, 2.24) is 14.9 Å². The van der Waals surface area contributed by atoms with Crippen LogP contribution in [0.15, 0.2) is 12.3 Å². The van der Waals surface area contributed by atoms with Gasteiger partial charge in [0, 0.05) is 52.1 Å². The summed E-state index contributed by atoms with van der Waals surface area (Å²) in [7, 11) is 0. The SMILES string of the molecule is O=C(C1CCCO1)N1CCN(c2ccnc(N3CCCC3)n2)CC1. The molecular formula is C17H25N5O2. The molecule has 24 heavy (non-hydrogen) atoms. The molecule has 0 saturated carbocycles. The van der Waals surface area contributed by atoms with Crippen LogP contribution < -0.4 is 9.80 Å². The minimum absolute atomic E-state index is 0.160. The van der Waals surface area contributed by atoms with Crippen LogP contribution in [0.25, 0.3) is 0 Å². The van der Waals surface area contributed by atoms with Gasteiger partial charge >= 0.3 is 0 Å². The number of carbonyl (C=O) groups is 1. The second-order valence-corrected chi connectivity index (χ2v) is 6.72. The molecule has 0 N–H and O–H groups in total. The summed E-state index contributed by atoms with van der Waals surface area (Å²) in [5.74, 6) is 1.96. The predicted molar refractivity (Wildman–Crippen MR) is 91.2 cm³/mol. The monoisotopic (exact) mass is 331 g/mol. The van der Waals surface area contributed by atoms with E-state index in [1.54, 1.807) is 0 Å². The zero-order valence-corrected chi connectivity index (χ0v) is 14.1. The first kappa shape index (κ1) is 15.6. The fourth-order valence-electron chi connectivity index (χ4n) is 3.72. The number of anilines is 2. The van der Waals surface area contributed by atoms with E-state index in [0.717, 1.165) is 70.5 Å². The third-order valence-electron chi connectivity index (χ3n) is 5.14. The third kappa shape index (κ3) is 3.17. The van der Waals surface area contributed by atoms with Crippen LogP contribution in [-0.2, 0) is 9.53 Å². The van der Waals surface area contributed by atoms with Crippen molar-refractivity contribution in [3.63, 3.8) is 0 Å². The van der Waals surface area contributed by atoms with Crippen LogP contribution in [0.4, 0.5) is 11.8 Å². The Balaban J connectivity index is 1.37. The molecule has 7 nitrogen and oxygen atoms in total. The Kier molecular flexibility index (Phi) is 4.51. The van der Waals surface area contributed by atoms with Crippen LogP contribution in [0.2, 0.25) is 0 Å². The molecule has 0 aromatic carbocycles. The summed E-state index contributed by atoms with van der Waals surface area (Å²) in [6.45, 7) is 5.92. The summed E-state index contributed by atoms with van der Waals surface area (Å²) < 4.78 is 5.52. The maximum atomic E-state index is 12.4. The third-order valence-corrected chi connectivity index (χ3v) is 5.14. The maximum Gasteiger partial charge on any atom is 0.251 e. The summed E-state index contributed by atoms with van der Waals surface area (Å²) in [6.07, 6.45) is 5.94. The molecule has 1 aromatic heterocycles. The number of aromatic nitrogens is 2. The molecule has 0 radical (unpaired) electrons. The zero-order chi connectivity index (χ0) is 16.4. The quantitative estimate of drug-likeness (QED) is 0.820. The van der Waals surface area contributed by atoms with Crippen molar-refractivity contribution in [2.75, 3.05) is 55.7 Å². The summed E-state index contributed by atoms with van der Waals surface area (Å²) in [4.78, 5) is 28.0. The van der Waals surface area contributed by atoms with E-state index in [2.05, 4.69) is 14.8 Å². The average Bonchev–Trinajstić information content (AvgIpc) is 3.35. The van der Waals surface area contributed by atoms with Gasteiger partial charge in [-0.2, -0.15) is 4.98 Å². The molecule has 0 bridgehead atoms. The lowest BCUT2D eigenvalue weighted by Crippen LogP contribution is -2.51. The van der Waals surface area contributed by atoms with Crippen molar-refractivity contribution in [2.24, 2.45) is 0 Å². The van der Waals surface area contributed by atoms with Crippen LogP contribution in [-0.4, -0.2) is 72.8 Å². The summed E-state index contributed by atoms with van der Waals surface area (Å²) in [5, 5.41) is 0. The van der Waals surface area contributed by atoms with Crippen LogP contribution in [0.1, 0.15) is 25.7 Å². The Morgan fingerprint density at radius 1 is 1.04 bits per heavy atom. The molecule has 0 spiro atoms. The summed E-state index contributed by atoms with van der Waals surface area (Å²) in [5.41, 5.74) is 0. The van der Waals surface area contributed by atoms with Crippen LogP contribution >= 0.6 is 0 Å². The molecule has 3 fully saturated rings.